The third kappa shape index (κ3) is 6.13. The maximum absolute atomic E-state index is 11.4. The summed E-state index contributed by atoms with van der Waals surface area (Å²) in [6.45, 7) is 6.14. The first-order chi connectivity index (χ1) is 8.26. The van der Waals surface area contributed by atoms with E-state index >= 15 is 0 Å². The Bertz CT molecular complexity index is 218. The van der Waals surface area contributed by atoms with Crippen LogP contribution in [-0.4, -0.2) is 49.0 Å². The Morgan fingerprint density at radius 3 is 2.71 bits per heavy atom. The van der Waals surface area contributed by atoms with E-state index in [4.69, 9.17) is 11.6 Å². The third-order valence-corrected chi connectivity index (χ3v) is 3.32. The van der Waals surface area contributed by atoms with E-state index in [9.17, 15) is 4.79 Å². The topological polar surface area (TPSA) is 44.4 Å². The Morgan fingerprint density at radius 1 is 1.41 bits per heavy atom. The lowest BCUT2D eigenvalue weighted by Gasteiger charge is -2.32. The summed E-state index contributed by atoms with van der Waals surface area (Å²) >= 11 is 5.51. The number of nitrogens with one attached hydrogen (secondary N) is 2. The number of alkyl halides is 1. The van der Waals surface area contributed by atoms with E-state index in [1.165, 1.54) is 19.4 Å². The lowest BCUT2D eigenvalue weighted by Crippen LogP contribution is -2.48. The first-order valence-corrected chi connectivity index (χ1v) is 7.12. The van der Waals surface area contributed by atoms with Crippen LogP contribution >= 0.6 is 11.6 Å². The number of nitrogens with zero attached hydrogens (tertiary/aromatic N) is 1. The molecule has 17 heavy (non-hydrogen) atoms. The standard InChI is InChI=1S/C12H24ClN3O/c1-2-3-8-16-9-4-11(5-10-16)15-12(17)14-7-6-13/h11H,2-10H2,1H3,(H2,14,15,17). The van der Waals surface area contributed by atoms with Gasteiger partial charge in [0.25, 0.3) is 0 Å². The number of hydrogen-bond acceptors (Lipinski definition) is 2. The van der Waals surface area contributed by atoms with Crippen molar-refractivity contribution in [3.05, 3.63) is 0 Å². The smallest absolute Gasteiger partial charge is 0.315 e. The van der Waals surface area contributed by atoms with Gasteiger partial charge in [-0.25, -0.2) is 4.79 Å². The number of likely N-dealkylation sites (tertiary alicyclic amines) is 1. The van der Waals surface area contributed by atoms with Gasteiger partial charge in [-0.2, -0.15) is 0 Å². The van der Waals surface area contributed by atoms with Crippen molar-refractivity contribution >= 4 is 17.6 Å². The number of hydrogen-bond donors (Lipinski definition) is 2. The summed E-state index contributed by atoms with van der Waals surface area (Å²) in [6.07, 6.45) is 4.63. The second-order valence-corrected chi connectivity index (χ2v) is 4.94. The van der Waals surface area contributed by atoms with Crippen LogP contribution < -0.4 is 10.6 Å². The van der Waals surface area contributed by atoms with Crippen molar-refractivity contribution in [3.63, 3.8) is 0 Å². The molecule has 5 heteroatoms. The van der Waals surface area contributed by atoms with Gasteiger partial charge >= 0.3 is 6.03 Å². The molecule has 1 fully saturated rings. The van der Waals surface area contributed by atoms with Crippen molar-refractivity contribution in [2.75, 3.05) is 32.1 Å². The Balaban J connectivity index is 2.12. The molecule has 4 nitrogen and oxygen atoms in total. The molecule has 2 N–H and O–H groups in total. The molecule has 0 aliphatic carbocycles. The molecule has 0 saturated carbocycles. The summed E-state index contributed by atoms with van der Waals surface area (Å²) in [5.41, 5.74) is 0. The summed E-state index contributed by atoms with van der Waals surface area (Å²) in [7, 11) is 0. The predicted octanol–water partition coefficient (Wildman–Crippen LogP) is 1.79. The van der Waals surface area contributed by atoms with Gasteiger partial charge in [-0.05, 0) is 25.8 Å². The van der Waals surface area contributed by atoms with Crippen molar-refractivity contribution in [3.8, 4) is 0 Å². The van der Waals surface area contributed by atoms with Gasteiger partial charge in [0.15, 0.2) is 0 Å². The minimum atomic E-state index is -0.0855. The molecule has 0 aromatic rings. The highest BCUT2D eigenvalue weighted by Crippen LogP contribution is 2.10. The molecular weight excluding hydrogens is 238 g/mol. The van der Waals surface area contributed by atoms with Crippen LogP contribution in [0.4, 0.5) is 4.79 Å². The summed E-state index contributed by atoms with van der Waals surface area (Å²) in [6, 6.07) is 0.237. The number of carbonyl (C=O) groups excluding carboxylic acids is 1. The molecule has 1 rings (SSSR count). The zero-order chi connectivity index (χ0) is 12.5. The van der Waals surface area contributed by atoms with Crippen LogP contribution in [0.15, 0.2) is 0 Å². The average Bonchev–Trinajstić information content (AvgIpc) is 2.35. The molecule has 1 aliphatic rings. The number of carbonyl (C=O) groups is 1. The summed E-state index contributed by atoms with van der Waals surface area (Å²) in [4.78, 5) is 13.9. The molecule has 1 heterocycles. The highest BCUT2D eigenvalue weighted by Gasteiger charge is 2.19. The Labute approximate surface area is 109 Å². The minimum absolute atomic E-state index is 0.0855. The number of amides is 2. The molecule has 0 aromatic carbocycles. The van der Waals surface area contributed by atoms with Crippen molar-refractivity contribution < 1.29 is 4.79 Å². The number of piperidine rings is 1. The van der Waals surface area contributed by atoms with Crippen LogP contribution in [0.25, 0.3) is 0 Å². The SMILES string of the molecule is CCCCN1CCC(NC(=O)NCCCl)CC1. The fraction of sp³-hybridized carbons (Fsp3) is 0.917. The van der Waals surface area contributed by atoms with Gasteiger partial charge in [0, 0.05) is 31.6 Å². The Kier molecular flexibility index (Phi) is 7.37. The van der Waals surface area contributed by atoms with Gasteiger partial charge < -0.3 is 15.5 Å². The highest BCUT2D eigenvalue weighted by molar-refractivity contribution is 6.18. The first-order valence-electron chi connectivity index (χ1n) is 6.59. The van der Waals surface area contributed by atoms with Gasteiger partial charge in [0.1, 0.15) is 0 Å². The van der Waals surface area contributed by atoms with Crippen LogP contribution in [0.3, 0.4) is 0 Å². The third-order valence-electron chi connectivity index (χ3n) is 3.13. The van der Waals surface area contributed by atoms with Crippen LogP contribution in [0.2, 0.25) is 0 Å². The number of urea groups is 1. The van der Waals surface area contributed by atoms with Gasteiger partial charge in [0.2, 0.25) is 0 Å². The van der Waals surface area contributed by atoms with Gasteiger partial charge in [-0.1, -0.05) is 13.3 Å². The Morgan fingerprint density at radius 2 is 2.12 bits per heavy atom. The zero-order valence-electron chi connectivity index (χ0n) is 10.7. The van der Waals surface area contributed by atoms with Gasteiger partial charge in [-0.15, -0.1) is 11.6 Å². The monoisotopic (exact) mass is 261 g/mol. The number of halogens is 1. The first kappa shape index (κ1) is 14.6. The molecule has 0 radical (unpaired) electrons. The van der Waals surface area contributed by atoms with Crippen LogP contribution in [0.1, 0.15) is 32.6 Å². The maximum Gasteiger partial charge on any atom is 0.315 e. The van der Waals surface area contributed by atoms with E-state index in [-0.39, 0.29) is 6.03 Å². The van der Waals surface area contributed by atoms with Crippen LogP contribution in [0.5, 0.6) is 0 Å². The number of rotatable bonds is 6. The fourth-order valence-corrected chi connectivity index (χ4v) is 2.17. The van der Waals surface area contributed by atoms with E-state index in [2.05, 4.69) is 22.5 Å². The van der Waals surface area contributed by atoms with E-state index in [0.717, 1.165) is 25.9 Å². The molecule has 2 amide bonds. The molecule has 0 aromatic heterocycles. The van der Waals surface area contributed by atoms with E-state index in [1.807, 2.05) is 0 Å². The maximum atomic E-state index is 11.4. The van der Waals surface area contributed by atoms with E-state index < -0.39 is 0 Å². The molecule has 0 bridgehead atoms. The molecule has 0 atom stereocenters. The van der Waals surface area contributed by atoms with Crippen LogP contribution in [-0.2, 0) is 0 Å². The lowest BCUT2D eigenvalue weighted by atomic mass is 10.0. The zero-order valence-corrected chi connectivity index (χ0v) is 11.4. The normalized spacial score (nSPS) is 18.0. The molecule has 100 valence electrons. The molecular formula is C12H24ClN3O. The van der Waals surface area contributed by atoms with Crippen molar-refractivity contribution in [2.45, 2.75) is 38.6 Å². The van der Waals surface area contributed by atoms with Crippen molar-refractivity contribution in [1.82, 2.24) is 15.5 Å². The predicted molar refractivity (Wildman–Crippen MR) is 71.6 cm³/mol. The molecule has 1 aliphatic heterocycles. The van der Waals surface area contributed by atoms with Crippen molar-refractivity contribution in [1.29, 1.82) is 0 Å². The quantitative estimate of drug-likeness (QED) is 0.716. The molecule has 0 unspecified atom stereocenters. The summed E-state index contributed by atoms with van der Waals surface area (Å²) in [5.74, 6) is 0.461. The molecule has 0 spiro atoms. The largest absolute Gasteiger partial charge is 0.337 e. The van der Waals surface area contributed by atoms with Crippen molar-refractivity contribution in [2.24, 2.45) is 0 Å². The molecule has 1 saturated heterocycles. The second kappa shape index (κ2) is 8.59. The minimum Gasteiger partial charge on any atom is -0.337 e. The van der Waals surface area contributed by atoms with Crippen LogP contribution in [0, 0.1) is 0 Å². The average molecular weight is 262 g/mol. The van der Waals surface area contributed by atoms with E-state index in [0.29, 0.717) is 18.5 Å². The van der Waals surface area contributed by atoms with Gasteiger partial charge in [0.05, 0.1) is 0 Å². The highest BCUT2D eigenvalue weighted by atomic mass is 35.5. The summed E-state index contributed by atoms with van der Waals surface area (Å²) in [5, 5.41) is 5.72. The van der Waals surface area contributed by atoms with E-state index in [1.54, 1.807) is 0 Å². The second-order valence-electron chi connectivity index (χ2n) is 4.56. The van der Waals surface area contributed by atoms with Gasteiger partial charge in [-0.3, -0.25) is 0 Å². The summed E-state index contributed by atoms with van der Waals surface area (Å²) < 4.78 is 0. The fourth-order valence-electron chi connectivity index (χ4n) is 2.08. The number of unbranched alkanes of at least 4 members (excludes halogenated alkanes) is 1. The Hall–Kier alpha value is -0.480. The lowest BCUT2D eigenvalue weighted by molar-refractivity contribution is 0.191.